The lowest BCUT2D eigenvalue weighted by molar-refractivity contribution is -0.153. The average Bonchev–Trinajstić information content (AvgIpc) is 2.36. The minimum Gasteiger partial charge on any atom is -0.303 e. The summed E-state index contributed by atoms with van der Waals surface area (Å²) in [6.07, 6.45) is 2.69. The number of piperidine rings is 1. The Morgan fingerprint density at radius 2 is 1.85 bits per heavy atom. The van der Waals surface area contributed by atoms with Crippen LogP contribution in [0.3, 0.4) is 0 Å². The fourth-order valence-corrected chi connectivity index (χ4v) is 4.68. The van der Waals surface area contributed by atoms with Gasteiger partial charge in [-0.15, -0.1) is 0 Å². The van der Waals surface area contributed by atoms with Crippen molar-refractivity contribution in [1.29, 1.82) is 0 Å². The summed E-state index contributed by atoms with van der Waals surface area (Å²) in [6.45, 7) is 18.8. The van der Waals surface area contributed by atoms with Crippen molar-refractivity contribution in [3.63, 3.8) is 0 Å². The van der Waals surface area contributed by atoms with Crippen molar-refractivity contribution in [1.82, 2.24) is 14.7 Å². The summed E-state index contributed by atoms with van der Waals surface area (Å²) < 4.78 is 0. The quantitative estimate of drug-likeness (QED) is 0.780. The molecule has 3 saturated heterocycles. The highest BCUT2D eigenvalue weighted by Gasteiger charge is 2.54. The lowest BCUT2D eigenvalue weighted by atomic mass is 9.70. The summed E-state index contributed by atoms with van der Waals surface area (Å²) in [6, 6.07) is 1.66. The third kappa shape index (κ3) is 2.53. The van der Waals surface area contributed by atoms with Gasteiger partial charge in [-0.3, -0.25) is 9.80 Å². The minimum absolute atomic E-state index is 0.686. The molecule has 0 radical (unpaired) electrons. The zero-order chi connectivity index (χ0) is 14.3. The first-order valence-corrected chi connectivity index (χ1v) is 8.77. The highest BCUT2D eigenvalue weighted by atomic mass is 15.3. The zero-order valence-electron chi connectivity index (χ0n) is 13.9. The van der Waals surface area contributed by atoms with Gasteiger partial charge in [-0.2, -0.15) is 0 Å². The van der Waals surface area contributed by atoms with Gasteiger partial charge in [0.1, 0.15) is 0 Å². The van der Waals surface area contributed by atoms with Crippen molar-refractivity contribution >= 4 is 0 Å². The van der Waals surface area contributed by atoms with Gasteiger partial charge >= 0.3 is 0 Å². The maximum absolute atomic E-state index is 2.80. The number of rotatable bonds is 4. The molecule has 3 aliphatic rings. The highest BCUT2D eigenvalue weighted by Crippen LogP contribution is 2.43. The molecule has 3 rings (SSSR count). The summed E-state index contributed by atoms with van der Waals surface area (Å²) in [5.74, 6) is 0.854. The minimum atomic E-state index is 0.686. The molecule has 0 aromatic carbocycles. The molecule has 3 nitrogen and oxygen atoms in total. The van der Waals surface area contributed by atoms with Crippen molar-refractivity contribution in [2.75, 3.05) is 45.8 Å². The van der Waals surface area contributed by atoms with Crippen molar-refractivity contribution in [3.05, 3.63) is 0 Å². The van der Waals surface area contributed by atoms with Gasteiger partial charge in [0.15, 0.2) is 0 Å². The Morgan fingerprint density at radius 1 is 1.15 bits per heavy atom. The maximum Gasteiger partial charge on any atom is 0.0212 e. The molecule has 0 bridgehead atoms. The normalized spacial score (nSPS) is 36.6. The van der Waals surface area contributed by atoms with E-state index < -0.39 is 0 Å². The SMILES string of the molecule is CCC(C)N1CC2(C1)CN(C1CCN(CC)C[C@@H]1C)C2. The first-order chi connectivity index (χ1) is 9.57. The van der Waals surface area contributed by atoms with Crippen LogP contribution in [-0.2, 0) is 0 Å². The molecule has 3 heterocycles. The Bertz CT molecular complexity index is 329. The molecule has 0 saturated carbocycles. The van der Waals surface area contributed by atoms with Gasteiger partial charge in [-0.1, -0.05) is 20.8 Å². The largest absolute Gasteiger partial charge is 0.303 e. The van der Waals surface area contributed by atoms with E-state index in [-0.39, 0.29) is 0 Å². The molecule has 0 aromatic heterocycles. The van der Waals surface area contributed by atoms with E-state index in [2.05, 4.69) is 42.4 Å². The Morgan fingerprint density at radius 3 is 2.40 bits per heavy atom. The topological polar surface area (TPSA) is 9.72 Å². The van der Waals surface area contributed by atoms with Crippen LogP contribution >= 0.6 is 0 Å². The second-order valence-electron chi connectivity index (χ2n) is 7.79. The summed E-state index contributed by atoms with van der Waals surface area (Å²) >= 11 is 0. The third-order valence-electron chi connectivity index (χ3n) is 6.23. The Labute approximate surface area is 125 Å². The number of hydrogen-bond acceptors (Lipinski definition) is 3. The van der Waals surface area contributed by atoms with Crippen LogP contribution in [0.1, 0.15) is 40.5 Å². The van der Waals surface area contributed by atoms with E-state index in [1.165, 1.54) is 58.7 Å². The van der Waals surface area contributed by atoms with Gasteiger partial charge in [0.05, 0.1) is 0 Å². The summed E-state index contributed by atoms with van der Waals surface area (Å²) in [7, 11) is 0. The number of nitrogens with zero attached hydrogens (tertiary/aromatic N) is 3. The lowest BCUT2D eigenvalue weighted by Gasteiger charge is -2.64. The van der Waals surface area contributed by atoms with E-state index in [0.29, 0.717) is 5.41 Å². The first kappa shape index (κ1) is 14.8. The molecular formula is C17H33N3. The molecule has 20 heavy (non-hydrogen) atoms. The fourth-order valence-electron chi connectivity index (χ4n) is 4.68. The Hall–Kier alpha value is -0.120. The van der Waals surface area contributed by atoms with Gasteiger partial charge in [0.25, 0.3) is 0 Å². The third-order valence-corrected chi connectivity index (χ3v) is 6.23. The van der Waals surface area contributed by atoms with Crippen LogP contribution < -0.4 is 0 Å². The summed E-state index contributed by atoms with van der Waals surface area (Å²) in [4.78, 5) is 8.09. The summed E-state index contributed by atoms with van der Waals surface area (Å²) in [5.41, 5.74) is 0.686. The van der Waals surface area contributed by atoms with E-state index in [1.54, 1.807) is 0 Å². The predicted molar refractivity (Wildman–Crippen MR) is 85.0 cm³/mol. The Kier molecular flexibility index (Phi) is 4.13. The van der Waals surface area contributed by atoms with Gasteiger partial charge in [-0.05, 0) is 38.8 Å². The highest BCUT2D eigenvalue weighted by molar-refractivity contribution is 5.08. The molecule has 2 unspecified atom stereocenters. The smallest absolute Gasteiger partial charge is 0.0212 e. The van der Waals surface area contributed by atoms with Gasteiger partial charge in [-0.25, -0.2) is 0 Å². The lowest BCUT2D eigenvalue weighted by Crippen LogP contribution is -2.75. The number of likely N-dealkylation sites (tertiary alicyclic amines) is 3. The van der Waals surface area contributed by atoms with E-state index in [9.17, 15) is 0 Å². The molecule has 0 amide bonds. The van der Waals surface area contributed by atoms with E-state index in [4.69, 9.17) is 0 Å². The molecule has 3 atom stereocenters. The van der Waals surface area contributed by atoms with E-state index >= 15 is 0 Å². The van der Waals surface area contributed by atoms with E-state index in [0.717, 1.165) is 18.0 Å². The molecule has 1 spiro atoms. The monoisotopic (exact) mass is 279 g/mol. The standard InChI is InChI=1S/C17H33N3/c1-5-15(4)19-10-17(11-19)12-20(13-17)16-7-8-18(6-2)9-14(16)3/h14-16H,5-13H2,1-4H3/t14-,15?,16?/m0/s1. The second-order valence-corrected chi connectivity index (χ2v) is 7.79. The molecule has 0 N–H and O–H groups in total. The molecule has 3 heteroatoms. The molecular weight excluding hydrogens is 246 g/mol. The van der Waals surface area contributed by atoms with Crippen LogP contribution in [0.4, 0.5) is 0 Å². The van der Waals surface area contributed by atoms with Crippen LogP contribution in [0.25, 0.3) is 0 Å². The van der Waals surface area contributed by atoms with Gasteiger partial charge < -0.3 is 4.90 Å². The summed E-state index contributed by atoms with van der Waals surface area (Å²) in [5, 5.41) is 0. The van der Waals surface area contributed by atoms with Gasteiger partial charge in [0.2, 0.25) is 0 Å². The van der Waals surface area contributed by atoms with Crippen molar-refractivity contribution in [2.24, 2.45) is 11.3 Å². The second kappa shape index (κ2) is 5.58. The molecule has 3 aliphatic heterocycles. The van der Waals surface area contributed by atoms with E-state index in [1.807, 2.05) is 0 Å². The molecule has 0 aliphatic carbocycles. The van der Waals surface area contributed by atoms with Crippen LogP contribution in [0.2, 0.25) is 0 Å². The molecule has 116 valence electrons. The van der Waals surface area contributed by atoms with Crippen molar-refractivity contribution in [2.45, 2.75) is 52.6 Å². The fraction of sp³-hybridized carbons (Fsp3) is 1.00. The van der Waals surface area contributed by atoms with Crippen molar-refractivity contribution < 1.29 is 0 Å². The Balaban J connectivity index is 1.45. The van der Waals surface area contributed by atoms with Gasteiger partial charge in [0, 0.05) is 50.2 Å². The van der Waals surface area contributed by atoms with Crippen LogP contribution in [0.15, 0.2) is 0 Å². The zero-order valence-corrected chi connectivity index (χ0v) is 13.9. The maximum atomic E-state index is 2.80. The van der Waals surface area contributed by atoms with Crippen LogP contribution in [0.5, 0.6) is 0 Å². The first-order valence-electron chi connectivity index (χ1n) is 8.77. The average molecular weight is 279 g/mol. The van der Waals surface area contributed by atoms with Crippen molar-refractivity contribution in [3.8, 4) is 0 Å². The molecule has 0 aromatic rings. The van der Waals surface area contributed by atoms with Crippen LogP contribution in [-0.4, -0.2) is 72.6 Å². The number of hydrogen-bond donors (Lipinski definition) is 0. The van der Waals surface area contributed by atoms with Crippen LogP contribution in [0, 0.1) is 11.3 Å². The predicted octanol–water partition coefficient (Wildman–Crippen LogP) is 2.13. The molecule has 3 fully saturated rings.